The van der Waals surface area contributed by atoms with Gasteiger partial charge in [0.05, 0.1) is 18.6 Å². The number of nitro benzene ring substituents is 1. The Balaban J connectivity index is 2.01. The van der Waals surface area contributed by atoms with Crippen LogP contribution in [0, 0.1) is 17.0 Å². The molecular weight excluding hydrogens is 420 g/mol. The number of thiophene rings is 1. The van der Waals surface area contributed by atoms with Crippen molar-refractivity contribution in [3.05, 3.63) is 74.6 Å². The second-order valence-corrected chi connectivity index (χ2v) is 7.42. The zero-order chi connectivity index (χ0) is 22.5. The highest BCUT2D eigenvalue weighted by molar-refractivity contribution is 7.15. The molecule has 0 fully saturated rings. The van der Waals surface area contributed by atoms with Crippen LogP contribution in [-0.4, -0.2) is 30.5 Å². The lowest BCUT2D eigenvalue weighted by atomic mass is 10.0. The number of aryl methyl sites for hydroxylation is 1. The minimum Gasteiger partial charge on any atom is -0.496 e. The zero-order valence-corrected chi connectivity index (χ0v) is 17.9. The highest BCUT2D eigenvalue weighted by Crippen LogP contribution is 2.40. The lowest BCUT2D eigenvalue weighted by Gasteiger charge is -2.12. The number of benzene rings is 2. The Morgan fingerprint density at radius 3 is 2.45 bits per heavy atom. The van der Waals surface area contributed by atoms with Gasteiger partial charge in [-0.05, 0) is 38.1 Å². The molecule has 8 nitrogen and oxygen atoms in total. The number of anilines is 1. The molecule has 0 bridgehead atoms. The van der Waals surface area contributed by atoms with E-state index >= 15 is 0 Å². The van der Waals surface area contributed by atoms with Gasteiger partial charge in [-0.1, -0.05) is 11.6 Å². The van der Waals surface area contributed by atoms with E-state index in [9.17, 15) is 19.7 Å². The van der Waals surface area contributed by atoms with Gasteiger partial charge >= 0.3 is 5.97 Å². The standard InChI is InChI=1S/C22H20N2O6S/c1-4-30-22(26)19-17(16-11-13(2)5-10-18(16)29-3)12-31-21(19)23-20(25)14-6-8-15(9-7-14)24(27)28/h5-12H,4H2,1-3H3,(H,23,25). The summed E-state index contributed by atoms with van der Waals surface area (Å²) in [4.78, 5) is 35.7. The molecule has 160 valence electrons. The Kier molecular flexibility index (Phi) is 6.66. The first kappa shape index (κ1) is 22.0. The first-order valence-corrected chi connectivity index (χ1v) is 10.2. The van der Waals surface area contributed by atoms with Crippen molar-refractivity contribution >= 4 is 33.9 Å². The van der Waals surface area contributed by atoms with E-state index in [-0.39, 0.29) is 23.4 Å². The quantitative estimate of drug-likeness (QED) is 0.312. The normalized spacial score (nSPS) is 10.4. The van der Waals surface area contributed by atoms with Gasteiger partial charge in [-0.2, -0.15) is 0 Å². The van der Waals surface area contributed by atoms with Gasteiger partial charge in [-0.15, -0.1) is 11.3 Å². The van der Waals surface area contributed by atoms with Gasteiger partial charge in [0.25, 0.3) is 11.6 Å². The van der Waals surface area contributed by atoms with Gasteiger partial charge in [0, 0.05) is 34.2 Å². The maximum absolute atomic E-state index is 12.8. The second-order valence-electron chi connectivity index (χ2n) is 6.54. The molecule has 0 radical (unpaired) electrons. The largest absolute Gasteiger partial charge is 0.496 e. The van der Waals surface area contributed by atoms with Gasteiger partial charge in [-0.3, -0.25) is 14.9 Å². The second kappa shape index (κ2) is 9.40. The molecule has 2 aromatic carbocycles. The van der Waals surface area contributed by atoms with Crippen LogP contribution in [0.5, 0.6) is 5.75 Å². The van der Waals surface area contributed by atoms with Gasteiger partial charge in [0.15, 0.2) is 0 Å². The summed E-state index contributed by atoms with van der Waals surface area (Å²) in [6, 6.07) is 10.8. The molecule has 1 heterocycles. The summed E-state index contributed by atoms with van der Waals surface area (Å²) >= 11 is 1.18. The van der Waals surface area contributed by atoms with E-state index in [1.807, 2.05) is 25.1 Å². The number of methoxy groups -OCH3 is 1. The van der Waals surface area contributed by atoms with Crippen molar-refractivity contribution in [3.8, 4) is 16.9 Å². The molecule has 3 aromatic rings. The average Bonchev–Trinajstić information content (AvgIpc) is 3.17. The SMILES string of the molecule is CCOC(=O)c1c(-c2cc(C)ccc2OC)csc1NC(=O)c1ccc([N+](=O)[O-])cc1. The number of nitrogens with one attached hydrogen (secondary N) is 1. The Morgan fingerprint density at radius 1 is 1.13 bits per heavy atom. The lowest BCUT2D eigenvalue weighted by Crippen LogP contribution is -2.15. The van der Waals surface area contributed by atoms with E-state index in [2.05, 4.69) is 5.32 Å². The topological polar surface area (TPSA) is 108 Å². The van der Waals surface area contributed by atoms with E-state index < -0.39 is 16.8 Å². The first-order chi connectivity index (χ1) is 14.8. The molecule has 3 rings (SSSR count). The van der Waals surface area contributed by atoms with Crippen LogP contribution in [0.3, 0.4) is 0 Å². The Hall–Kier alpha value is -3.72. The fourth-order valence-electron chi connectivity index (χ4n) is 3.00. The highest BCUT2D eigenvalue weighted by Gasteiger charge is 2.25. The van der Waals surface area contributed by atoms with Gasteiger partial charge < -0.3 is 14.8 Å². The molecule has 31 heavy (non-hydrogen) atoms. The number of amides is 1. The molecule has 1 amide bonds. The van der Waals surface area contributed by atoms with Crippen LogP contribution in [0.15, 0.2) is 47.8 Å². The molecule has 0 aliphatic carbocycles. The highest BCUT2D eigenvalue weighted by atomic mass is 32.1. The van der Waals surface area contributed by atoms with Crippen molar-refractivity contribution in [1.82, 2.24) is 0 Å². The number of rotatable bonds is 7. The minimum atomic E-state index is -0.568. The fraction of sp³-hybridized carbons (Fsp3) is 0.182. The monoisotopic (exact) mass is 440 g/mol. The third-order valence-corrected chi connectivity index (χ3v) is 5.38. The van der Waals surface area contributed by atoms with Crippen LogP contribution in [0.2, 0.25) is 0 Å². The summed E-state index contributed by atoms with van der Waals surface area (Å²) in [6.45, 7) is 3.80. The summed E-state index contributed by atoms with van der Waals surface area (Å²) in [5, 5.41) is 15.6. The van der Waals surface area contributed by atoms with Crippen LogP contribution in [0.25, 0.3) is 11.1 Å². The van der Waals surface area contributed by atoms with E-state index in [1.165, 1.54) is 35.6 Å². The van der Waals surface area contributed by atoms with Crippen molar-refractivity contribution < 1.29 is 24.0 Å². The van der Waals surface area contributed by atoms with E-state index in [4.69, 9.17) is 9.47 Å². The number of nitrogens with zero attached hydrogens (tertiary/aromatic N) is 1. The summed E-state index contributed by atoms with van der Waals surface area (Å²) in [7, 11) is 1.54. The van der Waals surface area contributed by atoms with Crippen LogP contribution in [0.1, 0.15) is 33.2 Å². The molecule has 0 spiro atoms. The molecule has 0 aliphatic heterocycles. The van der Waals surface area contributed by atoms with Crippen molar-refractivity contribution in [2.45, 2.75) is 13.8 Å². The van der Waals surface area contributed by atoms with Crippen molar-refractivity contribution in [2.24, 2.45) is 0 Å². The molecule has 0 unspecified atom stereocenters. The summed E-state index contributed by atoms with van der Waals surface area (Å²) in [5.74, 6) is -0.478. The number of ether oxygens (including phenoxy) is 2. The van der Waals surface area contributed by atoms with E-state index in [0.717, 1.165) is 5.56 Å². The van der Waals surface area contributed by atoms with Crippen LogP contribution in [-0.2, 0) is 4.74 Å². The third-order valence-electron chi connectivity index (χ3n) is 4.48. The number of carbonyl (C=O) groups excluding carboxylic acids is 2. The summed E-state index contributed by atoms with van der Waals surface area (Å²) in [5.41, 5.74) is 2.61. The Morgan fingerprint density at radius 2 is 1.84 bits per heavy atom. The molecule has 1 aromatic heterocycles. The van der Waals surface area contributed by atoms with Gasteiger partial charge in [-0.25, -0.2) is 4.79 Å². The summed E-state index contributed by atoms with van der Waals surface area (Å²) < 4.78 is 10.7. The Labute approximate surface area is 182 Å². The third kappa shape index (κ3) is 4.72. The van der Waals surface area contributed by atoms with E-state index in [0.29, 0.717) is 21.9 Å². The fourth-order valence-corrected chi connectivity index (χ4v) is 3.94. The number of esters is 1. The molecule has 0 aliphatic rings. The van der Waals surface area contributed by atoms with Crippen molar-refractivity contribution in [1.29, 1.82) is 0 Å². The number of nitro groups is 1. The van der Waals surface area contributed by atoms with Crippen LogP contribution < -0.4 is 10.1 Å². The lowest BCUT2D eigenvalue weighted by molar-refractivity contribution is -0.384. The first-order valence-electron chi connectivity index (χ1n) is 9.35. The van der Waals surface area contributed by atoms with Gasteiger partial charge in [0.2, 0.25) is 0 Å². The summed E-state index contributed by atoms with van der Waals surface area (Å²) in [6.07, 6.45) is 0. The minimum absolute atomic E-state index is 0.117. The van der Waals surface area contributed by atoms with Crippen molar-refractivity contribution in [3.63, 3.8) is 0 Å². The number of hydrogen-bond acceptors (Lipinski definition) is 7. The predicted molar refractivity (Wildman–Crippen MR) is 118 cm³/mol. The Bertz CT molecular complexity index is 1140. The van der Waals surface area contributed by atoms with Crippen LogP contribution >= 0.6 is 11.3 Å². The maximum atomic E-state index is 12.8. The maximum Gasteiger partial charge on any atom is 0.341 e. The zero-order valence-electron chi connectivity index (χ0n) is 17.1. The average molecular weight is 440 g/mol. The molecular formula is C22H20N2O6S. The van der Waals surface area contributed by atoms with Gasteiger partial charge in [0.1, 0.15) is 16.3 Å². The smallest absolute Gasteiger partial charge is 0.341 e. The molecule has 1 N–H and O–H groups in total. The van der Waals surface area contributed by atoms with Crippen LogP contribution in [0.4, 0.5) is 10.7 Å². The van der Waals surface area contributed by atoms with Crippen molar-refractivity contribution in [2.75, 3.05) is 19.0 Å². The number of non-ortho nitro benzene ring substituents is 1. The predicted octanol–water partition coefficient (Wildman–Crippen LogP) is 5.07. The van der Waals surface area contributed by atoms with E-state index in [1.54, 1.807) is 19.4 Å². The molecule has 0 saturated carbocycles. The number of hydrogen-bond donors (Lipinski definition) is 1. The number of carbonyl (C=O) groups is 2. The molecule has 0 atom stereocenters. The molecule has 9 heteroatoms. The molecule has 0 saturated heterocycles.